The van der Waals surface area contributed by atoms with Crippen LogP contribution in [-0.4, -0.2) is 47.0 Å². The van der Waals surface area contributed by atoms with Gasteiger partial charge < -0.3 is 20.3 Å². The van der Waals surface area contributed by atoms with E-state index >= 15 is 0 Å². The Hall–Kier alpha value is -3.35. The summed E-state index contributed by atoms with van der Waals surface area (Å²) < 4.78 is 5.60. The summed E-state index contributed by atoms with van der Waals surface area (Å²) in [5.74, 6) is -0.423. The molecule has 1 aliphatic carbocycles. The molecule has 3 rings (SSSR count). The molecule has 2 unspecified atom stereocenters. The first-order chi connectivity index (χ1) is 21.5. The molecule has 1 fully saturated rings. The number of amides is 3. The molecule has 1 aliphatic rings. The van der Waals surface area contributed by atoms with Gasteiger partial charge in [-0.15, -0.1) is 0 Å². The summed E-state index contributed by atoms with van der Waals surface area (Å²) in [7, 11) is 0. The first kappa shape index (κ1) is 36.1. The number of unbranched alkanes of at least 4 members (excludes halogenated alkanes) is 5. The second-order valence-corrected chi connectivity index (χ2v) is 13.8. The summed E-state index contributed by atoms with van der Waals surface area (Å²) in [5, 5.41) is 6.22. The maximum Gasteiger partial charge on any atom is 0.408 e. The quantitative estimate of drug-likeness (QED) is 0.197. The Labute approximate surface area is 271 Å². The molecule has 0 spiro atoms. The molecular formula is C38H57N3O4. The van der Waals surface area contributed by atoms with Crippen LogP contribution in [-0.2, 0) is 20.7 Å². The summed E-state index contributed by atoms with van der Waals surface area (Å²) in [4.78, 5) is 44.0. The van der Waals surface area contributed by atoms with Crippen LogP contribution in [0.3, 0.4) is 0 Å². The molecule has 0 heterocycles. The highest BCUT2D eigenvalue weighted by Crippen LogP contribution is 2.29. The minimum atomic E-state index is -0.905. The first-order valence-corrected chi connectivity index (χ1v) is 17.2. The van der Waals surface area contributed by atoms with Gasteiger partial charge in [0, 0.05) is 19.0 Å². The van der Waals surface area contributed by atoms with Gasteiger partial charge in [0.05, 0.1) is 0 Å². The van der Waals surface area contributed by atoms with Crippen LogP contribution >= 0.6 is 0 Å². The number of hydrogen-bond acceptors (Lipinski definition) is 4. The van der Waals surface area contributed by atoms with Crippen molar-refractivity contribution in [2.24, 2.45) is 0 Å². The van der Waals surface area contributed by atoms with E-state index in [9.17, 15) is 14.4 Å². The van der Waals surface area contributed by atoms with Crippen molar-refractivity contribution in [1.82, 2.24) is 15.5 Å². The fourth-order valence-electron chi connectivity index (χ4n) is 6.16. The van der Waals surface area contributed by atoms with Crippen LogP contribution in [0.2, 0.25) is 0 Å². The number of rotatable bonds is 15. The van der Waals surface area contributed by atoms with E-state index in [4.69, 9.17) is 4.74 Å². The van der Waals surface area contributed by atoms with Crippen LogP contribution in [0.1, 0.15) is 127 Å². The molecule has 2 aromatic carbocycles. The minimum Gasteiger partial charge on any atom is -0.444 e. The highest BCUT2D eigenvalue weighted by Gasteiger charge is 2.37. The van der Waals surface area contributed by atoms with Crippen LogP contribution in [0.4, 0.5) is 4.79 Å². The van der Waals surface area contributed by atoms with E-state index in [0.29, 0.717) is 6.54 Å². The Kier molecular flexibility index (Phi) is 14.4. The molecule has 7 nitrogen and oxygen atoms in total. The van der Waals surface area contributed by atoms with Crippen molar-refractivity contribution in [2.75, 3.05) is 6.54 Å². The fraction of sp³-hybridized carbons (Fsp3) is 0.605. The zero-order valence-corrected chi connectivity index (χ0v) is 28.6. The van der Waals surface area contributed by atoms with Crippen molar-refractivity contribution in [3.05, 3.63) is 70.8 Å². The van der Waals surface area contributed by atoms with E-state index < -0.39 is 23.8 Å². The topological polar surface area (TPSA) is 87.7 Å². The number of ether oxygens (including phenoxy) is 1. The number of alkyl carbamates (subject to hydrolysis) is 1. The Morgan fingerprint density at radius 2 is 1.58 bits per heavy atom. The van der Waals surface area contributed by atoms with Crippen molar-refractivity contribution >= 4 is 17.9 Å². The molecule has 0 radical (unpaired) electrons. The molecule has 2 atom stereocenters. The van der Waals surface area contributed by atoms with Gasteiger partial charge in [-0.25, -0.2) is 4.79 Å². The third kappa shape index (κ3) is 12.2. The number of carbonyl (C=O) groups excluding carboxylic acids is 3. The molecule has 0 aliphatic heterocycles. The molecule has 0 bridgehead atoms. The molecule has 2 aromatic rings. The van der Waals surface area contributed by atoms with E-state index in [1.165, 1.54) is 12.8 Å². The minimum absolute atomic E-state index is 0.102. The summed E-state index contributed by atoms with van der Waals surface area (Å²) in [6.45, 7) is 12.0. The van der Waals surface area contributed by atoms with Crippen LogP contribution in [0.25, 0.3) is 0 Å². The summed E-state index contributed by atoms with van der Waals surface area (Å²) in [6, 6.07) is 14.2. The Bertz CT molecular complexity index is 1220. The van der Waals surface area contributed by atoms with Gasteiger partial charge in [0.1, 0.15) is 17.7 Å². The average molecular weight is 620 g/mol. The second kappa shape index (κ2) is 18.0. The highest BCUT2D eigenvalue weighted by atomic mass is 16.6. The predicted octanol–water partition coefficient (Wildman–Crippen LogP) is 8.12. The van der Waals surface area contributed by atoms with Gasteiger partial charge in [0.15, 0.2) is 0 Å². The maximum atomic E-state index is 14.8. The van der Waals surface area contributed by atoms with Crippen molar-refractivity contribution in [3.8, 4) is 0 Å². The van der Waals surface area contributed by atoms with Crippen LogP contribution in [0.5, 0.6) is 0 Å². The standard InChI is InChI=1S/C38H57N3O4/c1-7-8-9-10-11-18-25-41(36(43)33(27-30-19-14-12-15-20-30)40-37(44)45-38(4,5)6)34(32-26-28(2)23-24-29(32)3)35(42)39-31-21-16-13-17-22-31/h12,14-15,19-20,23-24,26,31,33-34H,7-11,13,16-18,21-22,25,27H2,1-6H3,(H,39,42)(H,40,44). The van der Waals surface area contributed by atoms with E-state index in [0.717, 1.165) is 80.0 Å². The van der Waals surface area contributed by atoms with Crippen molar-refractivity contribution in [1.29, 1.82) is 0 Å². The lowest BCUT2D eigenvalue weighted by Gasteiger charge is -2.36. The van der Waals surface area contributed by atoms with Crippen molar-refractivity contribution in [2.45, 2.75) is 142 Å². The second-order valence-electron chi connectivity index (χ2n) is 13.8. The summed E-state index contributed by atoms with van der Waals surface area (Å²) in [5.41, 5.74) is 3.03. The summed E-state index contributed by atoms with van der Waals surface area (Å²) >= 11 is 0. The molecule has 248 valence electrons. The monoisotopic (exact) mass is 619 g/mol. The highest BCUT2D eigenvalue weighted by molar-refractivity contribution is 5.92. The molecule has 45 heavy (non-hydrogen) atoms. The number of nitrogens with zero attached hydrogens (tertiary/aromatic N) is 1. The van der Waals surface area contributed by atoms with Gasteiger partial charge in [-0.05, 0) is 70.6 Å². The number of carbonyl (C=O) groups is 3. The van der Waals surface area contributed by atoms with Gasteiger partial charge in [0.2, 0.25) is 11.8 Å². The van der Waals surface area contributed by atoms with Crippen LogP contribution in [0.15, 0.2) is 48.5 Å². The normalized spacial score (nSPS) is 15.2. The summed E-state index contributed by atoms with van der Waals surface area (Å²) in [6.07, 6.45) is 11.3. The van der Waals surface area contributed by atoms with Gasteiger partial charge in [-0.1, -0.05) is 112 Å². The molecule has 2 N–H and O–H groups in total. The first-order valence-electron chi connectivity index (χ1n) is 17.2. The zero-order chi connectivity index (χ0) is 32.8. The van der Waals surface area contributed by atoms with Crippen LogP contribution in [0, 0.1) is 13.8 Å². The van der Waals surface area contributed by atoms with E-state index in [2.05, 4.69) is 17.6 Å². The molecule has 3 amide bonds. The van der Waals surface area contributed by atoms with Gasteiger partial charge in [0.25, 0.3) is 0 Å². The number of hydrogen-bond donors (Lipinski definition) is 2. The lowest BCUT2D eigenvalue weighted by Crippen LogP contribution is -2.55. The third-order valence-electron chi connectivity index (χ3n) is 8.55. The zero-order valence-electron chi connectivity index (χ0n) is 28.6. The Morgan fingerprint density at radius 3 is 2.24 bits per heavy atom. The number of benzene rings is 2. The predicted molar refractivity (Wildman–Crippen MR) is 182 cm³/mol. The number of aryl methyl sites for hydroxylation is 2. The number of nitrogens with one attached hydrogen (secondary N) is 2. The van der Waals surface area contributed by atoms with Crippen molar-refractivity contribution < 1.29 is 19.1 Å². The molecule has 0 saturated heterocycles. The maximum absolute atomic E-state index is 14.8. The molecular weight excluding hydrogens is 562 g/mol. The smallest absolute Gasteiger partial charge is 0.408 e. The molecule has 7 heteroatoms. The molecule has 0 aromatic heterocycles. The average Bonchev–Trinajstić information content (AvgIpc) is 2.99. The van der Waals surface area contributed by atoms with Gasteiger partial charge >= 0.3 is 6.09 Å². The van der Waals surface area contributed by atoms with E-state index in [1.807, 2.05) is 62.4 Å². The fourth-order valence-corrected chi connectivity index (χ4v) is 6.16. The van der Waals surface area contributed by atoms with Gasteiger partial charge in [-0.3, -0.25) is 9.59 Å². The van der Waals surface area contributed by atoms with Crippen LogP contribution < -0.4 is 10.6 Å². The van der Waals surface area contributed by atoms with Gasteiger partial charge in [-0.2, -0.15) is 0 Å². The largest absolute Gasteiger partial charge is 0.444 e. The lowest BCUT2D eigenvalue weighted by molar-refractivity contribution is -0.143. The lowest BCUT2D eigenvalue weighted by atomic mass is 9.92. The molecule has 1 saturated carbocycles. The third-order valence-corrected chi connectivity index (χ3v) is 8.55. The Morgan fingerprint density at radius 1 is 0.911 bits per heavy atom. The Balaban J connectivity index is 2.03. The SMILES string of the molecule is CCCCCCCCN(C(=O)C(Cc1ccccc1)NC(=O)OC(C)(C)C)C(C(=O)NC1CCCCC1)c1cc(C)ccc1C. The van der Waals surface area contributed by atoms with E-state index in [1.54, 1.807) is 25.7 Å². The van der Waals surface area contributed by atoms with E-state index in [-0.39, 0.29) is 24.3 Å². The van der Waals surface area contributed by atoms with Crippen molar-refractivity contribution in [3.63, 3.8) is 0 Å².